The lowest BCUT2D eigenvalue weighted by molar-refractivity contribution is 0.474. The fourth-order valence-electron chi connectivity index (χ4n) is 2.12. The van der Waals surface area contributed by atoms with Crippen LogP contribution in [0.3, 0.4) is 0 Å². The molecule has 4 nitrogen and oxygen atoms in total. The third-order valence-electron chi connectivity index (χ3n) is 3.41. The highest BCUT2D eigenvalue weighted by atomic mass is 15.4. The van der Waals surface area contributed by atoms with Gasteiger partial charge in [0.15, 0.2) is 0 Å². The first-order valence-corrected chi connectivity index (χ1v) is 6.06. The monoisotopic (exact) mass is 232 g/mol. The summed E-state index contributed by atoms with van der Waals surface area (Å²) in [5.41, 5.74) is 3.63. The normalized spacial score (nSPS) is 25.1. The number of rotatable bonds is 1. The molecule has 1 aliphatic heterocycles. The van der Waals surface area contributed by atoms with Crippen molar-refractivity contribution in [3.63, 3.8) is 0 Å². The van der Waals surface area contributed by atoms with Crippen molar-refractivity contribution in [1.82, 2.24) is 10.3 Å². The largest absolute Gasteiger partial charge is 0.341 e. The second kappa shape index (κ2) is 5.19. The Kier molecular flexibility index (Phi) is 3.64. The van der Waals surface area contributed by atoms with Gasteiger partial charge >= 0.3 is 0 Å². The first-order chi connectivity index (χ1) is 8.20. The molecule has 0 radical (unpaired) electrons. The molecule has 4 heteroatoms. The molecule has 0 saturated carbocycles. The number of aliphatic imine (C=N–C) groups is 1. The van der Waals surface area contributed by atoms with Crippen molar-refractivity contribution >= 4 is 11.6 Å². The van der Waals surface area contributed by atoms with Gasteiger partial charge in [-0.15, -0.1) is 0 Å². The molecule has 0 bridgehead atoms. The van der Waals surface area contributed by atoms with Gasteiger partial charge < -0.3 is 4.90 Å². The van der Waals surface area contributed by atoms with E-state index in [1.807, 2.05) is 30.3 Å². The second-order valence-corrected chi connectivity index (χ2v) is 4.77. The maximum absolute atomic E-state index is 5.57. The summed E-state index contributed by atoms with van der Waals surface area (Å²) in [6.45, 7) is 6.55. The number of hydrazine groups is 1. The molecule has 2 unspecified atom stereocenters. The molecule has 1 aromatic carbocycles. The lowest BCUT2D eigenvalue weighted by atomic mass is 10.0. The van der Waals surface area contributed by atoms with Crippen LogP contribution in [0, 0.1) is 11.8 Å². The molecule has 17 heavy (non-hydrogen) atoms. The Morgan fingerprint density at radius 3 is 2.35 bits per heavy atom. The minimum absolute atomic E-state index is 0.685. The fourth-order valence-corrected chi connectivity index (χ4v) is 2.12. The van der Waals surface area contributed by atoms with E-state index in [9.17, 15) is 0 Å². The summed E-state index contributed by atoms with van der Waals surface area (Å²) in [4.78, 5) is 6.75. The van der Waals surface area contributed by atoms with E-state index >= 15 is 0 Å². The van der Waals surface area contributed by atoms with E-state index in [1.54, 1.807) is 0 Å². The number of benzene rings is 1. The highest BCUT2D eigenvalue weighted by molar-refractivity contribution is 5.82. The van der Waals surface area contributed by atoms with Gasteiger partial charge in [-0.05, 0) is 24.0 Å². The van der Waals surface area contributed by atoms with Gasteiger partial charge in [-0.1, -0.05) is 32.0 Å². The van der Waals surface area contributed by atoms with E-state index in [2.05, 4.69) is 29.2 Å². The second-order valence-electron chi connectivity index (χ2n) is 4.77. The van der Waals surface area contributed by atoms with Crippen molar-refractivity contribution < 1.29 is 0 Å². The molecule has 1 heterocycles. The maximum Gasteiger partial charge on any atom is 0.213 e. The van der Waals surface area contributed by atoms with Gasteiger partial charge in [0.1, 0.15) is 0 Å². The van der Waals surface area contributed by atoms with Crippen LogP contribution in [0.25, 0.3) is 0 Å². The zero-order chi connectivity index (χ0) is 12.3. The number of hydrogen-bond acceptors (Lipinski definition) is 2. The Morgan fingerprint density at radius 2 is 1.82 bits per heavy atom. The molecule has 1 aromatic rings. The topological polar surface area (TPSA) is 53.6 Å². The average molecular weight is 232 g/mol. The van der Waals surface area contributed by atoms with Gasteiger partial charge in [0.05, 0.1) is 5.69 Å². The van der Waals surface area contributed by atoms with Crippen molar-refractivity contribution in [2.75, 3.05) is 13.1 Å². The van der Waals surface area contributed by atoms with E-state index < -0.39 is 0 Å². The summed E-state index contributed by atoms with van der Waals surface area (Å²) < 4.78 is 0. The summed E-state index contributed by atoms with van der Waals surface area (Å²) >= 11 is 0. The third-order valence-corrected chi connectivity index (χ3v) is 3.41. The number of nitrogens with one attached hydrogen (secondary N) is 1. The van der Waals surface area contributed by atoms with E-state index in [0.29, 0.717) is 11.8 Å². The summed E-state index contributed by atoms with van der Waals surface area (Å²) in [7, 11) is 0. The van der Waals surface area contributed by atoms with Crippen LogP contribution in [0.2, 0.25) is 0 Å². The molecule has 1 fully saturated rings. The zero-order valence-electron chi connectivity index (χ0n) is 10.4. The van der Waals surface area contributed by atoms with Crippen molar-refractivity contribution in [2.45, 2.75) is 13.8 Å². The van der Waals surface area contributed by atoms with Gasteiger partial charge in [0.2, 0.25) is 5.96 Å². The quantitative estimate of drug-likeness (QED) is 0.335. The summed E-state index contributed by atoms with van der Waals surface area (Å²) in [5, 5.41) is 0. The Hall–Kier alpha value is -1.55. The maximum atomic E-state index is 5.57. The lowest BCUT2D eigenvalue weighted by Crippen LogP contribution is -2.43. The van der Waals surface area contributed by atoms with Gasteiger partial charge in [-0.2, -0.15) is 0 Å². The Bertz CT molecular complexity index is 378. The predicted molar refractivity (Wildman–Crippen MR) is 70.8 cm³/mol. The van der Waals surface area contributed by atoms with Crippen molar-refractivity contribution in [3.8, 4) is 0 Å². The minimum atomic E-state index is 0.685. The third kappa shape index (κ3) is 2.77. The molecule has 0 spiro atoms. The Labute approximate surface area is 102 Å². The first-order valence-electron chi connectivity index (χ1n) is 6.06. The number of nitrogens with zero attached hydrogens (tertiary/aromatic N) is 2. The van der Waals surface area contributed by atoms with Gasteiger partial charge in [0.25, 0.3) is 0 Å². The van der Waals surface area contributed by atoms with E-state index in [1.165, 1.54) is 0 Å². The first kappa shape index (κ1) is 11.9. The van der Waals surface area contributed by atoms with Crippen LogP contribution in [0.4, 0.5) is 5.69 Å². The predicted octanol–water partition coefficient (Wildman–Crippen LogP) is 1.73. The lowest BCUT2D eigenvalue weighted by Gasteiger charge is -2.19. The summed E-state index contributed by atoms with van der Waals surface area (Å²) in [6.07, 6.45) is 0. The Morgan fingerprint density at radius 1 is 1.24 bits per heavy atom. The van der Waals surface area contributed by atoms with Crippen molar-refractivity contribution in [2.24, 2.45) is 22.7 Å². The number of nitrogens with two attached hydrogens (primary N) is 1. The molecule has 2 rings (SSSR count). The van der Waals surface area contributed by atoms with E-state index in [4.69, 9.17) is 5.84 Å². The van der Waals surface area contributed by atoms with Crippen LogP contribution in [0.1, 0.15) is 13.8 Å². The van der Waals surface area contributed by atoms with Crippen LogP contribution < -0.4 is 11.3 Å². The number of para-hydroxylation sites is 1. The zero-order valence-corrected chi connectivity index (χ0v) is 10.4. The number of guanidine groups is 1. The highest BCUT2D eigenvalue weighted by Crippen LogP contribution is 2.22. The van der Waals surface area contributed by atoms with Crippen molar-refractivity contribution in [3.05, 3.63) is 30.3 Å². The van der Waals surface area contributed by atoms with Gasteiger partial charge in [-0.25, -0.2) is 10.8 Å². The van der Waals surface area contributed by atoms with Crippen LogP contribution in [0.15, 0.2) is 35.3 Å². The molecule has 0 amide bonds. The number of likely N-dealkylation sites (tertiary alicyclic amines) is 1. The molecule has 2 atom stereocenters. The number of hydrogen-bond donors (Lipinski definition) is 2. The summed E-state index contributed by atoms with van der Waals surface area (Å²) in [5.74, 6) is 7.69. The molecular weight excluding hydrogens is 212 g/mol. The molecule has 1 saturated heterocycles. The van der Waals surface area contributed by atoms with Crippen LogP contribution in [-0.4, -0.2) is 23.9 Å². The summed E-state index contributed by atoms with van der Waals surface area (Å²) in [6, 6.07) is 9.87. The molecule has 1 aliphatic rings. The SMILES string of the molecule is CC1CN(C(=Nc2ccccc2)NN)CC1C. The molecular formula is C13H20N4. The molecule has 92 valence electrons. The Balaban J connectivity index is 2.15. The molecule has 0 aromatic heterocycles. The van der Waals surface area contributed by atoms with Crippen LogP contribution >= 0.6 is 0 Å². The standard InChI is InChI=1S/C13H20N4/c1-10-8-17(9-11(10)2)13(16-14)15-12-6-4-3-5-7-12/h3-7,10-11H,8-9,14H2,1-2H3,(H,15,16). The van der Waals surface area contributed by atoms with Gasteiger partial charge in [-0.3, -0.25) is 5.43 Å². The highest BCUT2D eigenvalue weighted by Gasteiger charge is 2.27. The smallest absolute Gasteiger partial charge is 0.213 e. The van der Waals surface area contributed by atoms with Crippen LogP contribution in [-0.2, 0) is 0 Å². The minimum Gasteiger partial charge on any atom is -0.341 e. The van der Waals surface area contributed by atoms with E-state index in [0.717, 1.165) is 24.7 Å². The van der Waals surface area contributed by atoms with Crippen LogP contribution in [0.5, 0.6) is 0 Å². The van der Waals surface area contributed by atoms with Crippen molar-refractivity contribution in [1.29, 1.82) is 0 Å². The molecule has 0 aliphatic carbocycles. The van der Waals surface area contributed by atoms with E-state index in [-0.39, 0.29) is 0 Å². The fraction of sp³-hybridized carbons (Fsp3) is 0.462. The molecule has 3 N–H and O–H groups in total. The van der Waals surface area contributed by atoms with Gasteiger partial charge in [0, 0.05) is 13.1 Å². The average Bonchev–Trinajstić information content (AvgIpc) is 2.68.